The van der Waals surface area contributed by atoms with Crippen LogP contribution in [0, 0.1) is 10.1 Å². The number of hydrogen-bond acceptors (Lipinski definition) is 7. The number of methoxy groups -OCH3 is 1. The molecule has 1 aromatic heterocycles. The summed E-state index contributed by atoms with van der Waals surface area (Å²) in [4.78, 5) is 28.4. The van der Waals surface area contributed by atoms with Crippen molar-refractivity contribution < 1.29 is 19.3 Å². The third-order valence-electron chi connectivity index (χ3n) is 3.34. The molecule has 2 aromatic carbocycles. The number of nitro benzene ring substituents is 1. The molecular weight excluding hydrogens is 316 g/mol. The van der Waals surface area contributed by atoms with E-state index < -0.39 is 10.9 Å². The fourth-order valence-corrected chi connectivity index (χ4v) is 2.09. The molecular formula is C15H12N4O5. The second kappa shape index (κ2) is 6.32. The Bertz CT molecular complexity index is 904. The monoisotopic (exact) mass is 328 g/mol. The second-order valence-electron chi connectivity index (χ2n) is 4.85. The van der Waals surface area contributed by atoms with Crippen molar-refractivity contribution in [1.29, 1.82) is 0 Å². The van der Waals surface area contributed by atoms with E-state index in [-0.39, 0.29) is 12.3 Å². The molecule has 0 aliphatic heterocycles. The highest BCUT2D eigenvalue weighted by atomic mass is 16.7. The molecule has 0 unspecified atom stereocenters. The molecule has 3 rings (SSSR count). The molecule has 0 fully saturated rings. The van der Waals surface area contributed by atoms with Gasteiger partial charge in [0.25, 0.3) is 5.69 Å². The van der Waals surface area contributed by atoms with E-state index in [1.165, 1.54) is 25.3 Å². The smallest absolute Gasteiger partial charge is 0.337 e. The first-order valence-electron chi connectivity index (χ1n) is 6.89. The van der Waals surface area contributed by atoms with Gasteiger partial charge in [-0.3, -0.25) is 10.1 Å². The molecule has 9 heteroatoms. The van der Waals surface area contributed by atoms with Gasteiger partial charge in [0.05, 0.1) is 17.6 Å². The van der Waals surface area contributed by atoms with Gasteiger partial charge in [-0.05, 0) is 29.0 Å². The first-order valence-corrected chi connectivity index (χ1v) is 6.89. The summed E-state index contributed by atoms with van der Waals surface area (Å²) in [6.45, 7) is 0.155. The zero-order valence-corrected chi connectivity index (χ0v) is 12.6. The third-order valence-corrected chi connectivity index (χ3v) is 3.34. The van der Waals surface area contributed by atoms with Crippen LogP contribution >= 0.6 is 0 Å². The molecule has 0 saturated carbocycles. The molecule has 0 aliphatic carbocycles. The van der Waals surface area contributed by atoms with E-state index in [2.05, 4.69) is 15.0 Å². The standard InChI is InChI=1S/C15H12N4O5/c1-23-15(20)11-4-2-10(3-5-11)9-24-18-14-8-12(19(21)22)6-7-13(14)16-17-18/h2-8H,9H2,1H3. The average molecular weight is 328 g/mol. The van der Waals surface area contributed by atoms with Gasteiger partial charge in [0.15, 0.2) is 0 Å². The van der Waals surface area contributed by atoms with E-state index in [1.807, 2.05) is 0 Å². The quantitative estimate of drug-likeness (QED) is 0.398. The number of carbonyl (C=O) groups is 1. The third kappa shape index (κ3) is 3.00. The molecule has 0 N–H and O–H groups in total. The second-order valence-corrected chi connectivity index (χ2v) is 4.85. The van der Waals surface area contributed by atoms with Gasteiger partial charge in [-0.25, -0.2) is 4.79 Å². The topological polar surface area (TPSA) is 109 Å². The van der Waals surface area contributed by atoms with E-state index in [0.29, 0.717) is 16.6 Å². The summed E-state index contributed by atoms with van der Waals surface area (Å²) in [6.07, 6.45) is 0. The number of rotatable bonds is 5. The lowest BCUT2D eigenvalue weighted by atomic mass is 10.1. The molecule has 0 bridgehead atoms. The fraction of sp³-hybridized carbons (Fsp3) is 0.133. The van der Waals surface area contributed by atoms with E-state index in [1.54, 1.807) is 24.3 Å². The van der Waals surface area contributed by atoms with Gasteiger partial charge in [0.1, 0.15) is 17.6 Å². The SMILES string of the molecule is COC(=O)c1ccc(COn2nnc3ccc([N+](=O)[O-])cc32)cc1. The summed E-state index contributed by atoms with van der Waals surface area (Å²) in [6, 6.07) is 10.9. The molecule has 0 radical (unpaired) electrons. The van der Waals surface area contributed by atoms with Gasteiger partial charge < -0.3 is 9.57 Å². The zero-order chi connectivity index (χ0) is 17.1. The van der Waals surface area contributed by atoms with Crippen molar-refractivity contribution in [3.8, 4) is 0 Å². The fourth-order valence-electron chi connectivity index (χ4n) is 2.09. The van der Waals surface area contributed by atoms with Gasteiger partial charge in [-0.15, -0.1) is 5.10 Å². The van der Waals surface area contributed by atoms with Crippen molar-refractivity contribution in [2.45, 2.75) is 6.61 Å². The van der Waals surface area contributed by atoms with Crippen molar-refractivity contribution in [2.75, 3.05) is 7.11 Å². The van der Waals surface area contributed by atoms with Crippen LogP contribution in [0.3, 0.4) is 0 Å². The highest BCUT2D eigenvalue weighted by Gasteiger charge is 2.12. The Morgan fingerprint density at radius 1 is 1.25 bits per heavy atom. The van der Waals surface area contributed by atoms with Crippen molar-refractivity contribution >= 4 is 22.7 Å². The highest BCUT2D eigenvalue weighted by Crippen LogP contribution is 2.18. The first kappa shape index (κ1) is 15.4. The molecule has 1 heterocycles. The van der Waals surface area contributed by atoms with Gasteiger partial charge in [-0.1, -0.05) is 17.0 Å². The van der Waals surface area contributed by atoms with E-state index in [4.69, 9.17) is 4.84 Å². The Hall–Kier alpha value is -3.49. The molecule has 0 amide bonds. The number of nitro groups is 1. The molecule has 122 valence electrons. The van der Waals surface area contributed by atoms with Gasteiger partial charge in [-0.2, -0.15) is 0 Å². The lowest BCUT2D eigenvalue weighted by Crippen LogP contribution is -2.13. The largest absolute Gasteiger partial charge is 0.465 e. The maximum atomic E-state index is 11.4. The maximum absolute atomic E-state index is 11.4. The van der Waals surface area contributed by atoms with Crippen LogP contribution < -0.4 is 4.84 Å². The summed E-state index contributed by atoms with van der Waals surface area (Å²) in [7, 11) is 1.31. The summed E-state index contributed by atoms with van der Waals surface area (Å²) in [5, 5.41) is 18.5. The van der Waals surface area contributed by atoms with Crippen LogP contribution in [0.5, 0.6) is 0 Å². The number of carbonyl (C=O) groups excluding carboxylic acids is 1. The number of fused-ring (bicyclic) bond motifs is 1. The van der Waals surface area contributed by atoms with Crippen LogP contribution in [0.25, 0.3) is 11.0 Å². The van der Waals surface area contributed by atoms with Crippen LogP contribution in [0.1, 0.15) is 15.9 Å². The zero-order valence-electron chi connectivity index (χ0n) is 12.6. The number of ether oxygens (including phenoxy) is 1. The number of nitrogens with zero attached hydrogens (tertiary/aromatic N) is 4. The molecule has 0 aliphatic rings. The molecule has 3 aromatic rings. The normalized spacial score (nSPS) is 10.5. The minimum absolute atomic E-state index is 0.0721. The summed E-state index contributed by atoms with van der Waals surface area (Å²) in [5.74, 6) is -0.419. The minimum atomic E-state index is -0.498. The summed E-state index contributed by atoms with van der Waals surface area (Å²) < 4.78 is 4.63. The average Bonchev–Trinajstić information content (AvgIpc) is 3.02. The molecule has 0 saturated heterocycles. The van der Waals surface area contributed by atoms with Crippen LogP contribution in [0.2, 0.25) is 0 Å². The number of hydrogen-bond donors (Lipinski definition) is 0. The lowest BCUT2D eigenvalue weighted by molar-refractivity contribution is -0.384. The van der Waals surface area contributed by atoms with Crippen LogP contribution in [0.4, 0.5) is 5.69 Å². The Labute approximate surface area is 135 Å². The van der Waals surface area contributed by atoms with E-state index >= 15 is 0 Å². The highest BCUT2D eigenvalue weighted by molar-refractivity contribution is 5.89. The van der Waals surface area contributed by atoms with Crippen molar-refractivity contribution in [2.24, 2.45) is 0 Å². The number of non-ortho nitro benzene ring substituents is 1. The molecule has 9 nitrogen and oxygen atoms in total. The Kier molecular flexibility index (Phi) is 4.06. The van der Waals surface area contributed by atoms with Crippen molar-refractivity contribution in [1.82, 2.24) is 15.2 Å². The Morgan fingerprint density at radius 2 is 2.00 bits per heavy atom. The van der Waals surface area contributed by atoms with Gasteiger partial charge >= 0.3 is 5.97 Å². The predicted octanol–water partition coefficient (Wildman–Crippen LogP) is 1.75. The molecule has 0 spiro atoms. The van der Waals surface area contributed by atoms with E-state index in [9.17, 15) is 14.9 Å². The number of benzene rings is 2. The molecule has 0 atom stereocenters. The summed E-state index contributed by atoms with van der Waals surface area (Å²) >= 11 is 0. The summed E-state index contributed by atoms with van der Waals surface area (Å²) in [5.41, 5.74) is 2.04. The van der Waals surface area contributed by atoms with Gasteiger partial charge in [0.2, 0.25) is 0 Å². The van der Waals surface area contributed by atoms with Crippen molar-refractivity contribution in [3.63, 3.8) is 0 Å². The maximum Gasteiger partial charge on any atom is 0.337 e. The number of aromatic nitrogens is 3. The first-order chi connectivity index (χ1) is 11.6. The number of esters is 1. The lowest BCUT2D eigenvalue weighted by Gasteiger charge is -2.06. The van der Waals surface area contributed by atoms with Crippen LogP contribution in [-0.2, 0) is 11.3 Å². The Balaban J connectivity index is 1.77. The Morgan fingerprint density at radius 3 is 2.67 bits per heavy atom. The van der Waals surface area contributed by atoms with Gasteiger partial charge in [0, 0.05) is 12.1 Å². The van der Waals surface area contributed by atoms with Crippen molar-refractivity contribution in [3.05, 3.63) is 63.7 Å². The predicted molar refractivity (Wildman–Crippen MR) is 82.2 cm³/mol. The van der Waals surface area contributed by atoms with Crippen LogP contribution in [-0.4, -0.2) is 33.2 Å². The minimum Gasteiger partial charge on any atom is -0.465 e. The van der Waals surface area contributed by atoms with E-state index in [0.717, 1.165) is 10.4 Å². The molecule has 24 heavy (non-hydrogen) atoms. The van der Waals surface area contributed by atoms with Crippen LogP contribution in [0.15, 0.2) is 42.5 Å².